The molecule has 0 aliphatic heterocycles. The Labute approximate surface area is 83.5 Å². The predicted molar refractivity (Wildman–Crippen MR) is 54.5 cm³/mol. The smallest absolute Gasteiger partial charge is 0.338 e. The molecule has 4 nitrogen and oxygen atoms in total. The van der Waals surface area contributed by atoms with Gasteiger partial charge in [0.2, 0.25) is 0 Å². The van der Waals surface area contributed by atoms with Gasteiger partial charge in [0, 0.05) is 20.3 Å². The second-order valence-corrected chi connectivity index (χ2v) is 3.02. The van der Waals surface area contributed by atoms with Gasteiger partial charge >= 0.3 is 5.97 Å². The lowest BCUT2D eigenvalue weighted by Gasteiger charge is -2.11. The Morgan fingerprint density at radius 3 is 2.86 bits per heavy atom. The van der Waals surface area contributed by atoms with Gasteiger partial charge in [-0.1, -0.05) is 0 Å². The van der Waals surface area contributed by atoms with Crippen LogP contribution in [0.5, 0.6) is 0 Å². The predicted octanol–water partition coefficient (Wildman–Crippen LogP) is 1.32. The standard InChI is InChI=1S/C10H14N2O2/c1-4-14-10(13)8-5-6-11-9(7-8)12(2)3/h5-7H,4H2,1-3H3. The van der Waals surface area contributed by atoms with Gasteiger partial charge < -0.3 is 9.64 Å². The lowest BCUT2D eigenvalue weighted by atomic mass is 10.2. The van der Waals surface area contributed by atoms with Crippen molar-refractivity contribution in [2.45, 2.75) is 6.92 Å². The molecule has 76 valence electrons. The number of anilines is 1. The Morgan fingerprint density at radius 2 is 2.29 bits per heavy atom. The van der Waals surface area contributed by atoms with Crippen LogP contribution in [0.2, 0.25) is 0 Å². The van der Waals surface area contributed by atoms with Gasteiger partial charge in [-0.3, -0.25) is 0 Å². The first-order valence-corrected chi connectivity index (χ1v) is 4.45. The largest absolute Gasteiger partial charge is 0.462 e. The monoisotopic (exact) mass is 194 g/mol. The number of ether oxygens (including phenoxy) is 1. The van der Waals surface area contributed by atoms with Crippen LogP contribution in [0.3, 0.4) is 0 Å². The van der Waals surface area contributed by atoms with Gasteiger partial charge in [0.1, 0.15) is 5.82 Å². The molecule has 4 heteroatoms. The third-order valence-corrected chi connectivity index (χ3v) is 1.71. The summed E-state index contributed by atoms with van der Waals surface area (Å²) >= 11 is 0. The molecule has 0 saturated heterocycles. The summed E-state index contributed by atoms with van der Waals surface area (Å²) in [5.74, 6) is 0.438. The van der Waals surface area contributed by atoms with Crippen molar-refractivity contribution in [3.05, 3.63) is 23.9 Å². The van der Waals surface area contributed by atoms with E-state index in [0.29, 0.717) is 12.2 Å². The summed E-state index contributed by atoms with van der Waals surface area (Å²) in [6.07, 6.45) is 1.60. The van der Waals surface area contributed by atoms with Crippen LogP contribution in [0.1, 0.15) is 17.3 Å². The highest BCUT2D eigenvalue weighted by Gasteiger charge is 2.07. The minimum Gasteiger partial charge on any atom is -0.462 e. The highest BCUT2D eigenvalue weighted by Crippen LogP contribution is 2.10. The minimum atomic E-state index is -0.307. The zero-order valence-electron chi connectivity index (χ0n) is 8.65. The molecule has 0 radical (unpaired) electrons. The van der Waals surface area contributed by atoms with E-state index in [0.717, 1.165) is 5.82 Å². The van der Waals surface area contributed by atoms with Crippen LogP contribution < -0.4 is 4.90 Å². The molecule has 0 atom stereocenters. The van der Waals surface area contributed by atoms with E-state index in [4.69, 9.17) is 4.74 Å². The van der Waals surface area contributed by atoms with Crippen molar-refractivity contribution >= 4 is 11.8 Å². The number of pyridine rings is 1. The molecular weight excluding hydrogens is 180 g/mol. The third-order valence-electron chi connectivity index (χ3n) is 1.71. The Hall–Kier alpha value is -1.58. The Bertz CT molecular complexity index is 324. The zero-order valence-corrected chi connectivity index (χ0v) is 8.65. The van der Waals surface area contributed by atoms with Gasteiger partial charge in [-0.2, -0.15) is 0 Å². The van der Waals surface area contributed by atoms with Crippen LogP contribution in [-0.2, 0) is 4.74 Å². The lowest BCUT2D eigenvalue weighted by Crippen LogP contribution is -2.12. The van der Waals surface area contributed by atoms with Crippen molar-refractivity contribution in [2.24, 2.45) is 0 Å². The first kappa shape index (κ1) is 10.5. The van der Waals surface area contributed by atoms with Crippen molar-refractivity contribution in [1.82, 2.24) is 4.98 Å². The summed E-state index contributed by atoms with van der Waals surface area (Å²) in [6, 6.07) is 3.35. The van der Waals surface area contributed by atoms with E-state index in [1.807, 2.05) is 19.0 Å². The number of nitrogens with zero attached hydrogens (tertiary/aromatic N) is 2. The summed E-state index contributed by atoms with van der Waals surface area (Å²) in [5, 5.41) is 0. The summed E-state index contributed by atoms with van der Waals surface area (Å²) in [7, 11) is 3.74. The Balaban J connectivity index is 2.88. The van der Waals surface area contributed by atoms with Gasteiger partial charge in [-0.15, -0.1) is 0 Å². The van der Waals surface area contributed by atoms with Crippen molar-refractivity contribution in [3.8, 4) is 0 Å². The van der Waals surface area contributed by atoms with Crippen LogP contribution >= 0.6 is 0 Å². The van der Waals surface area contributed by atoms with Crippen molar-refractivity contribution in [2.75, 3.05) is 25.6 Å². The average Bonchev–Trinajstić information content (AvgIpc) is 2.18. The second-order valence-electron chi connectivity index (χ2n) is 3.02. The number of rotatable bonds is 3. The molecule has 0 aliphatic rings. The number of esters is 1. The van der Waals surface area contributed by atoms with Crippen molar-refractivity contribution in [1.29, 1.82) is 0 Å². The zero-order chi connectivity index (χ0) is 10.6. The van der Waals surface area contributed by atoms with E-state index in [2.05, 4.69) is 4.98 Å². The number of aromatic nitrogens is 1. The topological polar surface area (TPSA) is 42.4 Å². The van der Waals surface area contributed by atoms with Crippen LogP contribution in [0.4, 0.5) is 5.82 Å². The van der Waals surface area contributed by atoms with Gasteiger partial charge in [-0.05, 0) is 19.1 Å². The highest BCUT2D eigenvalue weighted by atomic mass is 16.5. The fraction of sp³-hybridized carbons (Fsp3) is 0.400. The fourth-order valence-electron chi connectivity index (χ4n) is 1.00. The summed E-state index contributed by atoms with van der Waals surface area (Å²) in [5.41, 5.74) is 0.533. The van der Waals surface area contributed by atoms with E-state index >= 15 is 0 Å². The van der Waals surface area contributed by atoms with Gasteiger partial charge in [0.15, 0.2) is 0 Å². The molecule has 0 spiro atoms. The second kappa shape index (κ2) is 4.60. The number of hydrogen-bond acceptors (Lipinski definition) is 4. The molecule has 1 aromatic heterocycles. The molecule has 0 amide bonds. The van der Waals surface area contributed by atoms with Gasteiger partial charge in [0.25, 0.3) is 0 Å². The summed E-state index contributed by atoms with van der Waals surface area (Å²) in [6.45, 7) is 2.17. The normalized spacial score (nSPS) is 9.64. The minimum absolute atomic E-state index is 0.307. The molecule has 14 heavy (non-hydrogen) atoms. The first-order valence-electron chi connectivity index (χ1n) is 4.45. The number of carbonyl (C=O) groups excluding carboxylic acids is 1. The van der Waals surface area contributed by atoms with E-state index in [1.54, 1.807) is 25.3 Å². The Kier molecular flexibility index (Phi) is 3.45. The van der Waals surface area contributed by atoms with E-state index in [1.165, 1.54) is 0 Å². The highest BCUT2D eigenvalue weighted by molar-refractivity contribution is 5.90. The lowest BCUT2D eigenvalue weighted by molar-refractivity contribution is 0.0526. The molecule has 1 aromatic rings. The van der Waals surface area contributed by atoms with Crippen molar-refractivity contribution in [3.63, 3.8) is 0 Å². The molecule has 0 unspecified atom stereocenters. The SMILES string of the molecule is CCOC(=O)c1ccnc(N(C)C)c1. The molecular formula is C10H14N2O2. The molecule has 0 aliphatic carbocycles. The first-order chi connectivity index (χ1) is 6.65. The quantitative estimate of drug-likeness (QED) is 0.681. The average molecular weight is 194 g/mol. The van der Waals surface area contributed by atoms with E-state index in [9.17, 15) is 4.79 Å². The Morgan fingerprint density at radius 1 is 1.57 bits per heavy atom. The summed E-state index contributed by atoms with van der Waals surface area (Å²) in [4.78, 5) is 17.3. The molecule has 0 N–H and O–H groups in total. The van der Waals surface area contributed by atoms with E-state index in [-0.39, 0.29) is 5.97 Å². The maximum absolute atomic E-state index is 11.4. The van der Waals surface area contributed by atoms with E-state index < -0.39 is 0 Å². The molecule has 0 fully saturated rings. The fourth-order valence-corrected chi connectivity index (χ4v) is 1.00. The number of carbonyl (C=O) groups is 1. The summed E-state index contributed by atoms with van der Waals surface area (Å²) < 4.78 is 4.88. The van der Waals surface area contributed by atoms with Gasteiger partial charge in [0.05, 0.1) is 12.2 Å². The van der Waals surface area contributed by atoms with Crippen molar-refractivity contribution < 1.29 is 9.53 Å². The van der Waals surface area contributed by atoms with Crippen LogP contribution in [-0.4, -0.2) is 31.7 Å². The molecule has 0 aromatic carbocycles. The third kappa shape index (κ3) is 2.45. The van der Waals surface area contributed by atoms with Crippen LogP contribution in [0.15, 0.2) is 18.3 Å². The molecule has 1 heterocycles. The molecule has 0 bridgehead atoms. The van der Waals surface area contributed by atoms with Gasteiger partial charge in [-0.25, -0.2) is 9.78 Å². The maximum atomic E-state index is 11.4. The molecule has 1 rings (SSSR count). The van der Waals surface area contributed by atoms with Crippen LogP contribution in [0, 0.1) is 0 Å². The van der Waals surface area contributed by atoms with Crippen LogP contribution in [0.25, 0.3) is 0 Å². The molecule has 0 saturated carbocycles. The maximum Gasteiger partial charge on any atom is 0.338 e. The number of hydrogen-bond donors (Lipinski definition) is 0.